The molecule has 0 radical (unpaired) electrons. The van der Waals surface area contributed by atoms with Gasteiger partial charge >= 0.3 is 43.4 Å². The van der Waals surface area contributed by atoms with Gasteiger partial charge in [-0.1, -0.05) is 6.92 Å². The maximum Gasteiger partial charge on any atom is 0.460 e. The van der Waals surface area contributed by atoms with Crippen LogP contribution in [0.15, 0.2) is 0 Å². The summed E-state index contributed by atoms with van der Waals surface area (Å²) >= 11 is 0.320. The van der Waals surface area contributed by atoms with Crippen molar-refractivity contribution in [2.45, 2.75) is 68.2 Å². The second-order valence-corrected chi connectivity index (χ2v) is 10.2. The van der Waals surface area contributed by atoms with Gasteiger partial charge in [0.25, 0.3) is 0 Å². The van der Waals surface area contributed by atoms with E-state index in [0.29, 0.717) is 11.8 Å². The highest BCUT2D eigenvalue weighted by Crippen LogP contribution is 2.60. The molecule has 33 heavy (non-hydrogen) atoms. The minimum atomic E-state index is -7.91. The number of hydrogen-bond acceptors (Lipinski definition) is 4. The van der Waals surface area contributed by atoms with E-state index in [4.69, 9.17) is 9.05 Å². The zero-order valence-electron chi connectivity index (χ0n) is 17.1. The van der Waals surface area contributed by atoms with Crippen molar-refractivity contribution in [3.8, 4) is 0 Å². The Morgan fingerprint density at radius 3 is 1.48 bits per heavy atom. The molecule has 0 aromatic heterocycles. The van der Waals surface area contributed by atoms with Crippen LogP contribution in [0.3, 0.4) is 0 Å². The summed E-state index contributed by atoms with van der Waals surface area (Å²) in [5, 5.41) is -0.949. The van der Waals surface area contributed by atoms with Crippen molar-refractivity contribution >= 4 is 19.4 Å². The SMILES string of the molecule is CCOP(=O)(CC(C)SCCC(F)(F)C(F)(F)C(F)(F)C(F)(F)C(F)(F)C(F)(F)F)OCC. The molecule has 0 saturated heterocycles. The zero-order valence-corrected chi connectivity index (χ0v) is 18.8. The smallest absolute Gasteiger partial charge is 0.309 e. The number of halogens is 13. The summed E-state index contributed by atoms with van der Waals surface area (Å²) in [7, 11) is -3.74. The van der Waals surface area contributed by atoms with Crippen molar-refractivity contribution in [3.63, 3.8) is 0 Å². The Morgan fingerprint density at radius 1 is 0.727 bits per heavy atom. The molecule has 0 aliphatic carbocycles. The second kappa shape index (κ2) is 10.7. The maximum absolute atomic E-state index is 13.7. The van der Waals surface area contributed by atoms with E-state index in [1.165, 1.54) is 20.8 Å². The molecule has 200 valence electrons. The third-order valence-corrected chi connectivity index (χ3v) is 7.67. The first kappa shape index (κ1) is 32.6. The number of rotatable bonds is 14. The minimum Gasteiger partial charge on any atom is -0.309 e. The van der Waals surface area contributed by atoms with Crippen LogP contribution in [0.5, 0.6) is 0 Å². The standard InChI is InChI=1S/C15H20F13O3PS/c1-4-30-32(29,31-5-2)8-9(3)33-7-6-10(16,17)11(18,19)12(20,21)13(22,23)14(24,25)15(26,27)28/h9H,4-8H2,1-3H3. The van der Waals surface area contributed by atoms with Crippen molar-refractivity contribution in [1.29, 1.82) is 0 Å². The fraction of sp³-hybridized carbons (Fsp3) is 1.00. The maximum atomic E-state index is 13.7. The molecule has 0 rings (SSSR count). The first-order valence-corrected chi connectivity index (χ1v) is 11.7. The third kappa shape index (κ3) is 6.63. The first-order chi connectivity index (χ1) is 14.5. The topological polar surface area (TPSA) is 35.5 Å². The second-order valence-electron chi connectivity index (χ2n) is 6.56. The summed E-state index contributed by atoms with van der Waals surface area (Å²) in [6.45, 7) is 3.91. The van der Waals surface area contributed by atoms with E-state index in [0.717, 1.165) is 0 Å². The molecule has 0 saturated carbocycles. The molecule has 0 amide bonds. The number of hydrogen-bond donors (Lipinski definition) is 0. The molecule has 0 bridgehead atoms. The minimum absolute atomic E-state index is 0.0924. The van der Waals surface area contributed by atoms with Crippen LogP contribution in [0.25, 0.3) is 0 Å². The summed E-state index contributed by atoms with van der Waals surface area (Å²) in [6.07, 6.45) is -10.2. The average Bonchev–Trinajstić information content (AvgIpc) is 2.59. The van der Waals surface area contributed by atoms with Crippen LogP contribution < -0.4 is 0 Å². The zero-order chi connectivity index (χ0) is 26.7. The van der Waals surface area contributed by atoms with Crippen molar-refractivity contribution in [2.75, 3.05) is 25.1 Å². The highest BCUT2D eigenvalue weighted by Gasteiger charge is 2.90. The van der Waals surface area contributed by atoms with E-state index in [9.17, 15) is 61.6 Å². The molecule has 0 aliphatic heterocycles. The van der Waals surface area contributed by atoms with E-state index in [2.05, 4.69) is 0 Å². The molecule has 0 aromatic rings. The Morgan fingerprint density at radius 2 is 1.12 bits per heavy atom. The molecule has 1 unspecified atom stereocenters. The van der Waals surface area contributed by atoms with Crippen molar-refractivity contribution < 1.29 is 70.7 Å². The van der Waals surface area contributed by atoms with Gasteiger partial charge in [0.15, 0.2) is 0 Å². The molecule has 0 aliphatic rings. The Kier molecular flexibility index (Phi) is 10.6. The molecule has 0 heterocycles. The fourth-order valence-electron chi connectivity index (χ4n) is 2.25. The quantitative estimate of drug-likeness (QED) is 0.163. The molecular weight excluding hydrogens is 538 g/mol. The van der Waals surface area contributed by atoms with Gasteiger partial charge in [0.1, 0.15) is 0 Å². The van der Waals surface area contributed by atoms with Gasteiger partial charge in [0, 0.05) is 11.7 Å². The lowest BCUT2D eigenvalue weighted by molar-refractivity contribution is -0.439. The summed E-state index contributed by atoms with van der Waals surface area (Å²) in [5.41, 5.74) is 0. The van der Waals surface area contributed by atoms with E-state index in [1.54, 1.807) is 0 Å². The van der Waals surface area contributed by atoms with Crippen molar-refractivity contribution in [3.05, 3.63) is 0 Å². The predicted octanol–water partition coefficient (Wildman–Crippen LogP) is 7.50. The Bertz CT molecular complexity index is 674. The van der Waals surface area contributed by atoms with Crippen LogP contribution in [0.2, 0.25) is 0 Å². The van der Waals surface area contributed by atoms with Gasteiger partial charge in [-0.15, -0.1) is 0 Å². The molecule has 3 nitrogen and oxygen atoms in total. The third-order valence-electron chi connectivity index (χ3n) is 3.95. The Balaban J connectivity index is 5.54. The lowest BCUT2D eigenvalue weighted by Gasteiger charge is -2.39. The summed E-state index contributed by atoms with van der Waals surface area (Å²) in [5.74, 6) is -38.1. The van der Waals surface area contributed by atoms with Crippen LogP contribution in [-0.4, -0.2) is 66.2 Å². The van der Waals surface area contributed by atoms with Gasteiger partial charge in [0.2, 0.25) is 0 Å². The molecule has 0 spiro atoms. The van der Waals surface area contributed by atoms with Crippen LogP contribution in [0.4, 0.5) is 57.1 Å². The van der Waals surface area contributed by atoms with Gasteiger partial charge in [0.05, 0.1) is 19.4 Å². The largest absolute Gasteiger partial charge is 0.460 e. The molecular formula is C15H20F13O3PS. The Hall–Kier alpha value is -0.410. The molecule has 0 N–H and O–H groups in total. The number of alkyl halides is 13. The van der Waals surface area contributed by atoms with Gasteiger partial charge in [-0.3, -0.25) is 4.57 Å². The van der Waals surface area contributed by atoms with Crippen molar-refractivity contribution in [2.24, 2.45) is 0 Å². The lowest BCUT2D eigenvalue weighted by Crippen LogP contribution is -2.70. The van der Waals surface area contributed by atoms with Gasteiger partial charge in [-0.25, -0.2) is 0 Å². The monoisotopic (exact) mass is 558 g/mol. The van der Waals surface area contributed by atoms with E-state index in [-0.39, 0.29) is 13.2 Å². The van der Waals surface area contributed by atoms with Crippen molar-refractivity contribution in [1.82, 2.24) is 0 Å². The molecule has 1 atom stereocenters. The highest BCUT2D eigenvalue weighted by atomic mass is 32.2. The van der Waals surface area contributed by atoms with Crippen LogP contribution >= 0.6 is 19.4 Å². The van der Waals surface area contributed by atoms with Gasteiger partial charge in [-0.2, -0.15) is 68.8 Å². The molecule has 0 fully saturated rings. The fourth-order valence-corrected chi connectivity index (χ4v) is 5.70. The van der Waals surface area contributed by atoms with Crippen LogP contribution in [0.1, 0.15) is 27.2 Å². The van der Waals surface area contributed by atoms with Gasteiger partial charge in [-0.05, 0) is 19.6 Å². The van der Waals surface area contributed by atoms with Crippen LogP contribution in [-0.2, 0) is 13.6 Å². The molecule has 0 aromatic carbocycles. The van der Waals surface area contributed by atoms with E-state index < -0.39 is 67.0 Å². The predicted molar refractivity (Wildman–Crippen MR) is 93.1 cm³/mol. The van der Waals surface area contributed by atoms with E-state index in [1.807, 2.05) is 0 Å². The summed E-state index contributed by atoms with van der Waals surface area (Å²) < 4.78 is 192. The lowest BCUT2D eigenvalue weighted by atomic mass is 9.93. The van der Waals surface area contributed by atoms with Crippen LogP contribution in [0, 0.1) is 0 Å². The highest BCUT2D eigenvalue weighted by molar-refractivity contribution is 8.00. The van der Waals surface area contributed by atoms with Gasteiger partial charge < -0.3 is 9.05 Å². The summed E-state index contributed by atoms with van der Waals surface area (Å²) in [6, 6.07) is 0. The van der Waals surface area contributed by atoms with E-state index >= 15 is 0 Å². The number of thioether (sulfide) groups is 1. The first-order valence-electron chi connectivity index (χ1n) is 8.93. The average molecular weight is 558 g/mol. The molecule has 18 heteroatoms. The summed E-state index contributed by atoms with van der Waals surface area (Å²) in [4.78, 5) is 0. The normalized spacial score (nSPS) is 16.2. The Labute approximate surface area is 184 Å².